The fourth-order valence-corrected chi connectivity index (χ4v) is 2.95. The van der Waals surface area contributed by atoms with Crippen molar-refractivity contribution < 1.29 is 9.53 Å². The Morgan fingerprint density at radius 2 is 2.36 bits per heavy atom. The average Bonchev–Trinajstić information content (AvgIpc) is 2.58. The third-order valence-electron chi connectivity index (χ3n) is 4.20. The van der Waals surface area contributed by atoms with Gasteiger partial charge in [-0.25, -0.2) is 4.98 Å². The van der Waals surface area contributed by atoms with Crippen molar-refractivity contribution in [2.24, 2.45) is 0 Å². The number of nitrogens with zero attached hydrogens (tertiary/aromatic N) is 2. The van der Waals surface area contributed by atoms with E-state index in [1.807, 2.05) is 17.0 Å². The Balaban J connectivity index is 1.99. The van der Waals surface area contributed by atoms with Crippen LogP contribution in [0.4, 0.5) is 5.82 Å². The molecule has 0 radical (unpaired) electrons. The first-order valence-corrected chi connectivity index (χ1v) is 8.26. The summed E-state index contributed by atoms with van der Waals surface area (Å²) >= 11 is 0. The van der Waals surface area contributed by atoms with Gasteiger partial charge in [-0.3, -0.25) is 4.79 Å². The van der Waals surface area contributed by atoms with Crippen molar-refractivity contribution in [2.75, 3.05) is 32.1 Å². The SMILES string of the molecule is CCC1CCCCN1C(=O)c1ccnc(NCCCOC)c1. The zero-order valence-electron chi connectivity index (χ0n) is 13.7. The van der Waals surface area contributed by atoms with Crippen LogP contribution in [-0.2, 0) is 4.74 Å². The molecule has 0 spiro atoms. The summed E-state index contributed by atoms with van der Waals surface area (Å²) in [5.74, 6) is 0.890. The molecule has 22 heavy (non-hydrogen) atoms. The Morgan fingerprint density at radius 1 is 1.50 bits per heavy atom. The fraction of sp³-hybridized carbons (Fsp3) is 0.647. The van der Waals surface area contributed by atoms with Gasteiger partial charge >= 0.3 is 0 Å². The maximum atomic E-state index is 12.7. The highest BCUT2D eigenvalue weighted by Gasteiger charge is 2.26. The van der Waals surface area contributed by atoms with Gasteiger partial charge in [-0.1, -0.05) is 6.92 Å². The Morgan fingerprint density at radius 3 is 3.14 bits per heavy atom. The second-order valence-corrected chi connectivity index (χ2v) is 5.76. The molecule has 5 heteroatoms. The fourth-order valence-electron chi connectivity index (χ4n) is 2.95. The summed E-state index contributed by atoms with van der Waals surface area (Å²) in [6, 6.07) is 4.05. The van der Waals surface area contributed by atoms with Gasteiger partial charge in [0.2, 0.25) is 0 Å². The van der Waals surface area contributed by atoms with Gasteiger partial charge in [-0.2, -0.15) is 0 Å². The van der Waals surface area contributed by atoms with E-state index in [9.17, 15) is 4.79 Å². The van der Waals surface area contributed by atoms with Gasteiger partial charge in [0.05, 0.1) is 0 Å². The molecule has 1 fully saturated rings. The number of anilines is 1. The van der Waals surface area contributed by atoms with Crippen molar-refractivity contribution in [1.82, 2.24) is 9.88 Å². The van der Waals surface area contributed by atoms with Gasteiger partial charge in [0.15, 0.2) is 0 Å². The number of ether oxygens (including phenoxy) is 1. The molecule has 1 unspecified atom stereocenters. The molecule has 0 saturated carbocycles. The van der Waals surface area contributed by atoms with Crippen molar-refractivity contribution in [2.45, 2.75) is 45.1 Å². The first-order chi connectivity index (χ1) is 10.8. The quantitative estimate of drug-likeness (QED) is 0.787. The van der Waals surface area contributed by atoms with Gasteiger partial charge in [-0.05, 0) is 44.2 Å². The van der Waals surface area contributed by atoms with Crippen LogP contribution in [0, 0.1) is 0 Å². The number of methoxy groups -OCH3 is 1. The molecule has 1 aliphatic rings. The first-order valence-electron chi connectivity index (χ1n) is 8.26. The molecule has 0 bridgehead atoms. The smallest absolute Gasteiger partial charge is 0.254 e. The van der Waals surface area contributed by atoms with E-state index in [1.54, 1.807) is 13.3 Å². The van der Waals surface area contributed by atoms with E-state index >= 15 is 0 Å². The minimum Gasteiger partial charge on any atom is -0.385 e. The van der Waals surface area contributed by atoms with E-state index in [0.29, 0.717) is 6.04 Å². The number of piperidine rings is 1. The second kappa shape index (κ2) is 8.73. The van der Waals surface area contributed by atoms with Crippen molar-refractivity contribution in [1.29, 1.82) is 0 Å². The highest BCUT2D eigenvalue weighted by atomic mass is 16.5. The number of nitrogens with one attached hydrogen (secondary N) is 1. The monoisotopic (exact) mass is 305 g/mol. The van der Waals surface area contributed by atoms with Crippen LogP contribution in [0.2, 0.25) is 0 Å². The molecule has 1 aliphatic heterocycles. The molecule has 1 amide bonds. The lowest BCUT2D eigenvalue weighted by molar-refractivity contribution is 0.0608. The van der Waals surface area contributed by atoms with E-state index in [0.717, 1.165) is 56.8 Å². The van der Waals surface area contributed by atoms with Gasteiger partial charge in [0.25, 0.3) is 5.91 Å². The molecule has 1 N–H and O–H groups in total. The minimum atomic E-state index is 0.133. The van der Waals surface area contributed by atoms with Crippen LogP contribution in [-0.4, -0.2) is 48.6 Å². The zero-order valence-corrected chi connectivity index (χ0v) is 13.7. The highest BCUT2D eigenvalue weighted by Crippen LogP contribution is 2.22. The standard InChI is InChI=1S/C17H27N3O2/c1-3-15-7-4-5-11-20(15)17(21)14-8-10-19-16(13-14)18-9-6-12-22-2/h8,10,13,15H,3-7,9,11-12H2,1-2H3,(H,18,19). The second-order valence-electron chi connectivity index (χ2n) is 5.76. The van der Waals surface area contributed by atoms with Crippen molar-refractivity contribution >= 4 is 11.7 Å². The van der Waals surface area contributed by atoms with Crippen LogP contribution in [0.3, 0.4) is 0 Å². The highest BCUT2D eigenvalue weighted by molar-refractivity contribution is 5.95. The van der Waals surface area contributed by atoms with Gasteiger partial charge in [0, 0.05) is 44.6 Å². The summed E-state index contributed by atoms with van der Waals surface area (Å²) in [6.45, 7) is 4.54. The lowest BCUT2D eigenvalue weighted by Gasteiger charge is -2.35. The van der Waals surface area contributed by atoms with Gasteiger partial charge in [-0.15, -0.1) is 0 Å². The minimum absolute atomic E-state index is 0.133. The van der Waals surface area contributed by atoms with Crippen LogP contribution in [0.15, 0.2) is 18.3 Å². The summed E-state index contributed by atoms with van der Waals surface area (Å²) in [6.07, 6.45) is 7.10. The molecule has 5 nitrogen and oxygen atoms in total. The lowest BCUT2D eigenvalue weighted by Crippen LogP contribution is -2.43. The number of amides is 1. The van der Waals surface area contributed by atoms with Gasteiger partial charge in [0.1, 0.15) is 5.82 Å². The number of hydrogen-bond donors (Lipinski definition) is 1. The van der Waals surface area contributed by atoms with Crippen LogP contribution < -0.4 is 5.32 Å². The van der Waals surface area contributed by atoms with Crippen LogP contribution in [0.25, 0.3) is 0 Å². The molecule has 1 aromatic rings. The summed E-state index contributed by atoms with van der Waals surface area (Å²) in [7, 11) is 1.69. The molecule has 0 aromatic carbocycles. The first kappa shape index (κ1) is 16.7. The lowest BCUT2D eigenvalue weighted by atomic mass is 9.99. The van der Waals surface area contributed by atoms with Crippen LogP contribution in [0.5, 0.6) is 0 Å². The van der Waals surface area contributed by atoms with E-state index < -0.39 is 0 Å². The van der Waals surface area contributed by atoms with Crippen LogP contribution in [0.1, 0.15) is 49.4 Å². The summed E-state index contributed by atoms with van der Waals surface area (Å²) in [4.78, 5) is 19.1. The average molecular weight is 305 g/mol. The molecule has 122 valence electrons. The molecule has 1 aromatic heterocycles. The number of aromatic nitrogens is 1. The number of pyridine rings is 1. The summed E-state index contributed by atoms with van der Waals surface area (Å²) in [5.41, 5.74) is 0.726. The Kier molecular flexibility index (Phi) is 6.65. The number of carbonyl (C=O) groups is 1. The van der Waals surface area contributed by atoms with E-state index in [1.165, 1.54) is 6.42 Å². The molecule has 1 atom stereocenters. The van der Waals surface area contributed by atoms with Crippen molar-refractivity contribution in [3.05, 3.63) is 23.9 Å². The zero-order chi connectivity index (χ0) is 15.8. The van der Waals surface area contributed by atoms with Crippen molar-refractivity contribution in [3.63, 3.8) is 0 Å². The molecule has 2 heterocycles. The number of likely N-dealkylation sites (tertiary alicyclic amines) is 1. The summed E-state index contributed by atoms with van der Waals surface area (Å²) in [5, 5.41) is 3.24. The van der Waals surface area contributed by atoms with Gasteiger partial charge < -0.3 is 15.0 Å². The topological polar surface area (TPSA) is 54.5 Å². The Labute approximate surface area is 133 Å². The van der Waals surface area contributed by atoms with Crippen molar-refractivity contribution in [3.8, 4) is 0 Å². The molecule has 2 rings (SSSR count). The molecular weight excluding hydrogens is 278 g/mol. The Bertz CT molecular complexity index is 479. The maximum absolute atomic E-state index is 12.7. The largest absolute Gasteiger partial charge is 0.385 e. The molecule has 0 aliphatic carbocycles. The third kappa shape index (κ3) is 4.44. The third-order valence-corrected chi connectivity index (χ3v) is 4.20. The Hall–Kier alpha value is -1.62. The molecular formula is C17H27N3O2. The predicted octanol–water partition coefficient (Wildman–Crippen LogP) is 2.93. The predicted molar refractivity (Wildman–Crippen MR) is 88.2 cm³/mol. The number of carbonyl (C=O) groups excluding carboxylic acids is 1. The number of hydrogen-bond acceptors (Lipinski definition) is 4. The normalized spacial score (nSPS) is 18.3. The number of rotatable bonds is 7. The van der Waals surface area contributed by atoms with Crippen LogP contribution >= 0.6 is 0 Å². The van der Waals surface area contributed by atoms with E-state index in [4.69, 9.17) is 4.74 Å². The van der Waals surface area contributed by atoms with E-state index in [2.05, 4.69) is 17.2 Å². The maximum Gasteiger partial charge on any atom is 0.254 e. The van der Waals surface area contributed by atoms with E-state index in [-0.39, 0.29) is 5.91 Å². The molecule has 1 saturated heterocycles. The summed E-state index contributed by atoms with van der Waals surface area (Å²) < 4.78 is 5.02.